The van der Waals surface area contributed by atoms with E-state index >= 15 is 0 Å². The van der Waals surface area contributed by atoms with Crippen molar-refractivity contribution in [1.29, 1.82) is 0 Å². The van der Waals surface area contributed by atoms with Crippen molar-refractivity contribution >= 4 is 28.0 Å². The van der Waals surface area contributed by atoms with Crippen molar-refractivity contribution in [2.45, 2.75) is 105 Å². The molecule has 2 heterocycles. The lowest BCUT2D eigenvalue weighted by molar-refractivity contribution is -0.216. The zero-order valence-corrected chi connectivity index (χ0v) is 32.7. The summed E-state index contributed by atoms with van der Waals surface area (Å²) in [7, 11) is 1.45. The van der Waals surface area contributed by atoms with Gasteiger partial charge in [-0.1, -0.05) is 71.0 Å². The number of carbonyl (C=O) groups excluding carboxylic acids is 1. The fourth-order valence-corrected chi connectivity index (χ4v) is 14.4. The van der Waals surface area contributed by atoms with Gasteiger partial charge in [0.1, 0.15) is 5.69 Å². The number of hydrogen-bond acceptors (Lipinski definition) is 6. The highest BCUT2D eigenvalue weighted by molar-refractivity contribution is 7.14. The minimum atomic E-state index is -0.275. The maximum atomic E-state index is 12.2. The summed E-state index contributed by atoms with van der Waals surface area (Å²) < 4.78 is 4.97. The number of esters is 1. The fourth-order valence-electron chi connectivity index (χ4n) is 13.5. The van der Waals surface area contributed by atoms with Gasteiger partial charge in [0.25, 0.3) is 0 Å². The molecule has 5 aliphatic rings. The maximum Gasteiger partial charge on any atom is 0.337 e. The van der Waals surface area contributed by atoms with Crippen LogP contribution in [0.5, 0.6) is 0 Å². The van der Waals surface area contributed by atoms with Crippen LogP contribution in [0.4, 0.5) is 5.13 Å². The number of nitrogens with zero attached hydrogens (tertiary/aromatic N) is 2. The first-order valence-corrected chi connectivity index (χ1v) is 20.4. The number of allylic oxidation sites excluding steroid dienone is 3. The Morgan fingerprint density at radius 3 is 2.39 bits per heavy atom. The van der Waals surface area contributed by atoms with Gasteiger partial charge in [0.15, 0.2) is 5.13 Å². The van der Waals surface area contributed by atoms with Crippen molar-refractivity contribution < 1.29 is 9.53 Å². The van der Waals surface area contributed by atoms with Crippen LogP contribution in [0.1, 0.15) is 115 Å². The zero-order valence-electron chi connectivity index (χ0n) is 31.9. The highest BCUT2D eigenvalue weighted by Crippen LogP contribution is 2.77. The number of rotatable bonds is 6. The maximum absolute atomic E-state index is 12.2. The summed E-state index contributed by atoms with van der Waals surface area (Å²) in [5.41, 5.74) is 7.50. The van der Waals surface area contributed by atoms with E-state index in [0.29, 0.717) is 35.2 Å². The Morgan fingerprint density at radius 2 is 1.69 bits per heavy atom. The number of carbonyl (C=O) groups is 1. The van der Waals surface area contributed by atoms with Crippen LogP contribution in [0.25, 0.3) is 17.0 Å². The summed E-state index contributed by atoms with van der Waals surface area (Å²) in [5, 5.41) is 7.39. The van der Waals surface area contributed by atoms with Crippen LogP contribution in [0.3, 0.4) is 0 Å². The molecule has 4 saturated carbocycles. The Morgan fingerprint density at radius 1 is 0.902 bits per heavy atom. The van der Waals surface area contributed by atoms with Crippen LogP contribution < -0.4 is 5.32 Å². The number of methoxy groups -OCH3 is 1. The van der Waals surface area contributed by atoms with Crippen molar-refractivity contribution in [3.05, 3.63) is 83.4 Å². The second-order valence-corrected chi connectivity index (χ2v) is 19.2. The Balaban J connectivity index is 1.10. The van der Waals surface area contributed by atoms with Gasteiger partial charge in [-0.3, -0.25) is 4.98 Å². The Labute approximate surface area is 309 Å². The average molecular weight is 704 g/mol. The normalized spacial score (nSPS) is 37.9. The van der Waals surface area contributed by atoms with Gasteiger partial charge in [0.05, 0.1) is 18.4 Å². The van der Waals surface area contributed by atoms with E-state index in [9.17, 15) is 4.79 Å². The molecule has 0 spiro atoms. The van der Waals surface area contributed by atoms with E-state index in [1.54, 1.807) is 11.3 Å². The van der Waals surface area contributed by atoms with Crippen LogP contribution in [0.15, 0.2) is 72.3 Å². The molecular weight excluding hydrogens is 647 g/mol. The summed E-state index contributed by atoms with van der Waals surface area (Å²) >= 11 is 1.74. The highest BCUT2D eigenvalue weighted by Gasteiger charge is 2.70. The molecule has 9 atom stereocenters. The Bertz CT molecular complexity index is 1860. The lowest BCUT2D eigenvalue weighted by atomic mass is 9.33. The summed E-state index contributed by atoms with van der Waals surface area (Å²) in [4.78, 5) is 21.8. The van der Waals surface area contributed by atoms with Crippen LogP contribution in [0, 0.1) is 51.2 Å². The van der Waals surface area contributed by atoms with Crippen LogP contribution in [0.2, 0.25) is 0 Å². The fraction of sp³-hybridized carbons (Fsp3) is 0.578. The third kappa shape index (κ3) is 5.08. The molecule has 0 amide bonds. The SMILES string of the molecule is C=C(C)[C@@H]1CC[C@]2(Nc3nc(-c4ccccn4)cs3)CC[C@]3(C)[C@H](CC[C@@H]4[C@@]5(C)CC=C(c6ccc(C(=O)OC)cc6)C(C)(C)[C@@H]5CC[C@]43C)[C@@H]12. The monoisotopic (exact) mass is 703 g/mol. The second-order valence-electron chi connectivity index (χ2n) is 18.3. The molecule has 5 aliphatic carbocycles. The van der Waals surface area contributed by atoms with E-state index in [-0.39, 0.29) is 33.2 Å². The van der Waals surface area contributed by atoms with Gasteiger partial charge >= 0.3 is 5.97 Å². The first kappa shape index (κ1) is 34.8. The quantitative estimate of drug-likeness (QED) is 0.204. The van der Waals surface area contributed by atoms with Gasteiger partial charge in [0.2, 0.25) is 0 Å². The predicted molar refractivity (Wildman–Crippen MR) is 209 cm³/mol. The summed E-state index contributed by atoms with van der Waals surface area (Å²) in [6.07, 6.45) is 15.6. The van der Waals surface area contributed by atoms with Gasteiger partial charge in [0, 0.05) is 17.1 Å². The third-order valence-electron chi connectivity index (χ3n) is 16.0. The van der Waals surface area contributed by atoms with E-state index in [1.807, 2.05) is 30.5 Å². The largest absolute Gasteiger partial charge is 0.465 e. The van der Waals surface area contributed by atoms with Gasteiger partial charge in [-0.15, -0.1) is 11.3 Å². The zero-order chi connectivity index (χ0) is 36.0. The van der Waals surface area contributed by atoms with Gasteiger partial charge < -0.3 is 10.1 Å². The van der Waals surface area contributed by atoms with Crippen molar-refractivity contribution in [2.24, 2.45) is 51.2 Å². The molecular formula is C45H57N3O2S. The van der Waals surface area contributed by atoms with Crippen molar-refractivity contribution in [1.82, 2.24) is 9.97 Å². The molecule has 0 saturated heterocycles. The number of pyridine rings is 1. The van der Waals surface area contributed by atoms with Gasteiger partial charge in [-0.25, -0.2) is 9.78 Å². The standard InChI is InChI=1S/C45H57N3O2S/c1-28(2)31-18-23-45(48-40-47-35(27-51-40)34-11-9-10-26-46-34)25-24-43(6)33(38(31)45)16-17-37-42(5)21-19-32(29-12-14-30(15-13-29)39(49)50-8)41(3,4)36(42)20-22-44(37,43)7/h9-15,19,26-27,31,33,36-38H,1,16-18,20-25H2,2-8H3,(H,47,48)/t31-,33+,36-,37+,38+,42-,43+,44+,45-/m0/s1. The van der Waals surface area contributed by atoms with E-state index in [4.69, 9.17) is 9.72 Å². The number of aromatic nitrogens is 2. The molecule has 5 nitrogen and oxygen atoms in total. The van der Waals surface area contributed by atoms with Crippen LogP contribution in [-0.4, -0.2) is 28.6 Å². The number of fused-ring (bicyclic) bond motifs is 7. The Hall–Kier alpha value is -3.25. The third-order valence-corrected chi connectivity index (χ3v) is 16.8. The minimum Gasteiger partial charge on any atom is -0.465 e. The summed E-state index contributed by atoms with van der Waals surface area (Å²) in [6, 6.07) is 14.2. The Kier molecular flexibility index (Phi) is 8.29. The van der Waals surface area contributed by atoms with Gasteiger partial charge in [-0.2, -0.15) is 0 Å². The molecule has 6 heteroatoms. The minimum absolute atomic E-state index is 0.0445. The summed E-state index contributed by atoms with van der Waals surface area (Å²) in [6.45, 7) is 20.0. The first-order valence-electron chi connectivity index (χ1n) is 19.5. The van der Waals surface area contributed by atoms with Crippen molar-refractivity contribution in [2.75, 3.05) is 12.4 Å². The molecule has 0 aliphatic heterocycles. The molecule has 2 aromatic heterocycles. The number of nitrogens with one attached hydrogen (secondary N) is 1. The van der Waals surface area contributed by atoms with Gasteiger partial charge in [-0.05, 0) is 151 Å². The number of benzene rings is 1. The van der Waals surface area contributed by atoms with E-state index < -0.39 is 0 Å². The molecule has 4 fully saturated rings. The molecule has 270 valence electrons. The van der Waals surface area contributed by atoms with Crippen molar-refractivity contribution in [3.63, 3.8) is 0 Å². The highest BCUT2D eigenvalue weighted by atomic mass is 32.1. The second kappa shape index (κ2) is 12.1. The van der Waals surface area contributed by atoms with E-state index in [1.165, 1.54) is 75.2 Å². The number of ether oxygens (including phenoxy) is 1. The van der Waals surface area contributed by atoms with Crippen LogP contribution >= 0.6 is 11.3 Å². The smallest absolute Gasteiger partial charge is 0.337 e. The number of hydrogen-bond donors (Lipinski definition) is 1. The molecule has 8 rings (SSSR count). The summed E-state index contributed by atoms with van der Waals surface area (Å²) in [5.74, 6) is 2.81. The van der Waals surface area contributed by atoms with E-state index in [0.717, 1.165) is 22.9 Å². The number of thiazole rings is 1. The lowest BCUT2D eigenvalue weighted by Crippen LogP contribution is -2.67. The first-order chi connectivity index (χ1) is 24.3. The molecule has 1 N–H and O–H groups in total. The van der Waals surface area contributed by atoms with E-state index in [2.05, 4.69) is 88.1 Å². The molecule has 0 bridgehead atoms. The molecule has 1 aromatic carbocycles. The number of anilines is 1. The molecule has 0 unspecified atom stereocenters. The molecule has 3 aromatic rings. The van der Waals surface area contributed by atoms with Crippen molar-refractivity contribution in [3.8, 4) is 11.4 Å². The molecule has 0 radical (unpaired) electrons. The lowest BCUT2D eigenvalue weighted by Gasteiger charge is -2.72. The average Bonchev–Trinajstić information content (AvgIpc) is 3.74. The molecule has 51 heavy (non-hydrogen) atoms. The predicted octanol–water partition coefficient (Wildman–Crippen LogP) is 11.5. The van der Waals surface area contributed by atoms with Crippen LogP contribution in [-0.2, 0) is 4.74 Å². The topological polar surface area (TPSA) is 64.1 Å².